The summed E-state index contributed by atoms with van der Waals surface area (Å²) >= 11 is 6.26. The number of methoxy groups -OCH3 is 1. The molecule has 0 aromatic heterocycles. The van der Waals surface area contributed by atoms with Gasteiger partial charge in [-0.25, -0.2) is 8.42 Å². The third-order valence-electron chi connectivity index (χ3n) is 7.47. The molecule has 4 aromatic rings. The average molecular weight is 679 g/mol. The van der Waals surface area contributed by atoms with Crippen LogP contribution in [0.5, 0.6) is 5.75 Å². The van der Waals surface area contributed by atoms with Gasteiger partial charge in [0.15, 0.2) is 0 Å². The van der Waals surface area contributed by atoms with E-state index < -0.39 is 39.3 Å². The summed E-state index contributed by atoms with van der Waals surface area (Å²) in [4.78, 5) is 40.0. The maximum absolute atomic E-state index is 14.5. The molecule has 13 heteroatoms. The number of hydrogen-bond acceptors (Lipinski definition) is 7. The number of benzene rings is 4. The molecular formula is C34H35ClN4O7S. The fourth-order valence-electron chi connectivity index (χ4n) is 5.03. The van der Waals surface area contributed by atoms with Crippen LogP contribution in [0, 0.1) is 17.0 Å². The van der Waals surface area contributed by atoms with E-state index in [0.29, 0.717) is 22.9 Å². The van der Waals surface area contributed by atoms with E-state index in [1.807, 2.05) is 30.3 Å². The Labute approximate surface area is 278 Å². The zero-order valence-electron chi connectivity index (χ0n) is 26.1. The molecule has 0 heterocycles. The third kappa shape index (κ3) is 8.66. The first-order chi connectivity index (χ1) is 22.4. The van der Waals surface area contributed by atoms with Gasteiger partial charge in [0, 0.05) is 36.2 Å². The summed E-state index contributed by atoms with van der Waals surface area (Å²) in [6.07, 6.45) is 0.151. The maximum atomic E-state index is 14.5. The predicted molar refractivity (Wildman–Crippen MR) is 180 cm³/mol. The highest BCUT2D eigenvalue weighted by Gasteiger charge is 2.35. The molecule has 4 rings (SSSR count). The van der Waals surface area contributed by atoms with Crippen molar-refractivity contribution in [2.75, 3.05) is 24.5 Å². The fourth-order valence-corrected chi connectivity index (χ4v) is 6.68. The number of carbonyl (C=O) groups is 2. The zero-order valence-corrected chi connectivity index (χ0v) is 27.7. The molecule has 0 spiro atoms. The second kappa shape index (κ2) is 15.6. The average Bonchev–Trinajstić information content (AvgIpc) is 3.05. The first kappa shape index (κ1) is 34.9. The van der Waals surface area contributed by atoms with Crippen LogP contribution in [0.2, 0.25) is 5.02 Å². The van der Waals surface area contributed by atoms with Crippen molar-refractivity contribution in [3.63, 3.8) is 0 Å². The molecule has 246 valence electrons. The van der Waals surface area contributed by atoms with Gasteiger partial charge < -0.3 is 15.0 Å². The van der Waals surface area contributed by atoms with E-state index in [-0.39, 0.29) is 34.8 Å². The number of anilines is 1. The normalized spacial score (nSPS) is 11.7. The quantitative estimate of drug-likeness (QED) is 0.137. The number of aryl methyl sites for hydroxylation is 1. The van der Waals surface area contributed by atoms with Gasteiger partial charge in [0.2, 0.25) is 11.8 Å². The van der Waals surface area contributed by atoms with Gasteiger partial charge >= 0.3 is 0 Å². The summed E-state index contributed by atoms with van der Waals surface area (Å²) in [5.74, 6) is -0.650. The Morgan fingerprint density at radius 3 is 2.26 bits per heavy atom. The smallest absolute Gasteiger partial charge is 0.273 e. The molecule has 0 saturated carbocycles. The predicted octanol–water partition coefficient (Wildman–Crippen LogP) is 5.54. The number of rotatable bonds is 14. The molecule has 0 aliphatic heterocycles. The molecular weight excluding hydrogens is 644 g/mol. The summed E-state index contributed by atoms with van der Waals surface area (Å²) in [5.41, 5.74) is 1.43. The molecule has 47 heavy (non-hydrogen) atoms. The number of amides is 2. The van der Waals surface area contributed by atoms with E-state index >= 15 is 0 Å². The van der Waals surface area contributed by atoms with Crippen LogP contribution in [-0.4, -0.2) is 56.3 Å². The van der Waals surface area contributed by atoms with Crippen molar-refractivity contribution >= 4 is 44.8 Å². The number of ether oxygens (including phenoxy) is 1. The number of nitrogens with one attached hydrogen (secondary N) is 1. The third-order valence-corrected chi connectivity index (χ3v) is 9.47. The molecule has 11 nitrogen and oxygen atoms in total. The number of nitrogens with zero attached hydrogens (tertiary/aromatic N) is 3. The van der Waals surface area contributed by atoms with Crippen LogP contribution < -0.4 is 14.4 Å². The molecule has 1 atom stereocenters. The molecule has 0 aliphatic carbocycles. The molecule has 2 amide bonds. The van der Waals surface area contributed by atoms with Crippen molar-refractivity contribution < 1.29 is 27.7 Å². The SMILES string of the molecule is CCNC(=O)[C@@H](Cc1ccccc1)N(Cc1cccc(Cl)c1)C(=O)CN(c1ccc(OC)cc1)S(=O)(=O)c1ccc(C)c([N+](=O)[O-])c1. The van der Waals surface area contributed by atoms with Gasteiger partial charge in [-0.2, -0.15) is 0 Å². The standard InChI is InChI=1S/C34H35ClN4O7S/c1-4-36-34(41)32(20-25-9-6-5-7-10-25)37(22-26-11-8-12-27(35)19-26)33(40)23-38(28-14-16-29(46-3)17-15-28)47(44,45)30-18-13-24(2)31(21-30)39(42)43/h5-19,21,32H,4,20,22-23H2,1-3H3,(H,36,41)/t32-/m1/s1. The summed E-state index contributed by atoms with van der Waals surface area (Å²) in [5, 5.41) is 14.9. The van der Waals surface area contributed by atoms with Crippen LogP contribution in [-0.2, 0) is 32.6 Å². The van der Waals surface area contributed by atoms with Gasteiger partial charge in [-0.05, 0) is 67.4 Å². The van der Waals surface area contributed by atoms with Gasteiger partial charge in [-0.15, -0.1) is 0 Å². The van der Waals surface area contributed by atoms with E-state index in [2.05, 4.69) is 5.32 Å². The molecule has 0 aliphatic rings. The lowest BCUT2D eigenvalue weighted by Gasteiger charge is -2.34. The Morgan fingerprint density at radius 1 is 0.957 bits per heavy atom. The number of likely N-dealkylation sites (N-methyl/N-ethyl adjacent to an activating group) is 1. The highest BCUT2D eigenvalue weighted by Crippen LogP contribution is 2.30. The lowest BCUT2D eigenvalue weighted by Crippen LogP contribution is -2.53. The molecule has 1 N–H and O–H groups in total. The number of nitro benzene ring substituents is 1. The van der Waals surface area contributed by atoms with Crippen molar-refractivity contribution in [1.82, 2.24) is 10.2 Å². The molecule has 0 radical (unpaired) electrons. The Morgan fingerprint density at radius 2 is 1.64 bits per heavy atom. The Kier molecular flexibility index (Phi) is 11.6. The van der Waals surface area contributed by atoms with E-state index in [1.54, 1.807) is 31.2 Å². The number of carbonyl (C=O) groups excluding carboxylic acids is 2. The largest absolute Gasteiger partial charge is 0.497 e. The summed E-state index contributed by atoms with van der Waals surface area (Å²) in [6, 6.07) is 24.6. The van der Waals surface area contributed by atoms with Crippen LogP contribution in [0.25, 0.3) is 0 Å². The topological polar surface area (TPSA) is 139 Å². The van der Waals surface area contributed by atoms with Gasteiger partial charge in [-0.3, -0.25) is 24.0 Å². The van der Waals surface area contributed by atoms with E-state index in [0.717, 1.165) is 15.9 Å². The highest BCUT2D eigenvalue weighted by atomic mass is 35.5. The fraction of sp³-hybridized carbons (Fsp3) is 0.235. The van der Waals surface area contributed by atoms with Gasteiger partial charge in [-0.1, -0.05) is 60.1 Å². The minimum atomic E-state index is -4.55. The van der Waals surface area contributed by atoms with Crippen LogP contribution in [0.15, 0.2) is 102 Å². The van der Waals surface area contributed by atoms with Crippen LogP contribution >= 0.6 is 11.6 Å². The van der Waals surface area contributed by atoms with Crippen LogP contribution in [0.3, 0.4) is 0 Å². The minimum absolute atomic E-state index is 0.0550. The molecule has 0 saturated heterocycles. The second-order valence-electron chi connectivity index (χ2n) is 10.7. The zero-order chi connectivity index (χ0) is 34.1. The summed E-state index contributed by atoms with van der Waals surface area (Å²) in [6.45, 7) is 2.80. The van der Waals surface area contributed by atoms with E-state index in [9.17, 15) is 28.1 Å². The van der Waals surface area contributed by atoms with Crippen LogP contribution in [0.4, 0.5) is 11.4 Å². The van der Waals surface area contributed by atoms with Crippen molar-refractivity contribution in [2.45, 2.75) is 37.8 Å². The number of halogens is 1. The van der Waals surface area contributed by atoms with Crippen molar-refractivity contribution in [1.29, 1.82) is 0 Å². The van der Waals surface area contributed by atoms with Gasteiger partial charge in [0.25, 0.3) is 15.7 Å². The van der Waals surface area contributed by atoms with E-state index in [1.165, 1.54) is 55.3 Å². The Hall–Kier alpha value is -4.94. The second-order valence-corrected chi connectivity index (χ2v) is 13.0. The Balaban J connectivity index is 1.83. The Bertz CT molecular complexity index is 1840. The molecule has 0 unspecified atom stereocenters. The van der Waals surface area contributed by atoms with Crippen molar-refractivity contribution in [3.8, 4) is 5.75 Å². The van der Waals surface area contributed by atoms with Crippen molar-refractivity contribution in [3.05, 3.63) is 129 Å². The molecule has 0 bridgehead atoms. The monoisotopic (exact) mass is 678 g/mol. The van der Waals surface area contributed by atoms with Crippen LogP contribution in [0.1, 0.15) is 23.6 Å². The van der Waals surface area contributed by atoms with Gasteiger partial charge in [0.05, 0.1) is 22.6 Å². The molecule has 4 aromatic carbocycles. The van der Waals surface area contributed by atoms with Crippen molar-refractivity contribution in [2.24, 2.45) is 0 Å². The lowest BCUT2D eigenvalue weighted by molar-refractivity contribution is -0.385. The van der Waals surface area contributed by atoms with E-state index in [4.69, 9.17) is 16.3 Å². The summed E-state index contributed by atoms with van der Waals surface area (Å²) < 4.78 is 34.6. The highest BCUT2D eigenvalue weighted by molar-refractivity contribution is 7.92. The minimum Gasteiger partial charge on any atom is -0.497 e. The lowest BCUT2D eigenvalue weighted by atomic mass is 10.0. The number of sulfonamides is 1. The molecule has 0 fully saturated rings. The number of hydrogen-bond donors (Lipinski definition) is 1. The number of nitro groups is 1. The first-order valence-electron chi connectivity index (χ1n) is 14.7. The van der Waals surface area contributed by atoms with Gasteiger partial charge in [0.1, 0.15) is 18.3 Å². The maximum Gasteiger partial charge on any atom is 0.273 e. The first-order valence-corrected chi connectivity index (χ1v) is 16.5. The summed E-state index contributed by atoms with van der Waals surface area (Å²) in [7, 11) is -3.09.